The van der Waals surface area contributed by atoms with Crippen LogP contribution in [0.4, 0.5) is 5.69 Å². The van der Waals surface area contributed by atoms with Gasteiger partial charge < -0.3 is 11.1 Å². The maximum atomic E-state index is 6.26. The van der Waals surface area contributed by atoms with E-state index in [4.69, 9.17) is 5.73 Å². The molecule has 3 rings (SSSR count). The van der Waals surface area contributed by atoms with Crippen molar-refractivity contribution in [2.24, 2.45) is 11.7 Å². The Morgan fingerprint density at radius 2 is 2.44 bits per heavy atom. The van der Waals surface area contributed by atoms with Gasteiger partial charge in [0.2, 0.25) is 0 Å². The Morgan fingerprint density at radius 1 is 1.56 bits per heavy atom. The molecule has 1 saturated carbocycles. The minimum atomic E-state index is -0.225. The summed E-state index contributed by atoms with van der Waals surface area (Å²) >= 11 is 0. The topological polar surface area (TPSA) is 66.7 Å². The Kier molecular flexibility index (Phi) is 1.94. The summed E-state index contributed by atoms with van der Waals surface area (Å²) in [6.45, 7) is 2.19. The maximum Gasteiger partial charge on any atom is 0.0882 e. The summed E-state index contributed by atoms with van der Waals surface area (Å²) in [7, 11) is 0. The van der Waals surface area contributed by atoms with Gasteiger partial charge in [-0.15, -0.1) is 0 Å². The summed E-state index contributed by atoms with van der Waals surface area (Å²) in [5.74, 6) is 0.535. The van der Waals surface area contributed by atoms with Gasteiger partial charge in [-0.2, -0.15) is 5.10 Å². The molecule has 4 nitrogen and oxygen atoms in total. The Morgan fingerprint density at radius 3 is 3.12 bits per heavy atom. The smallest absolute Gasteiger partial charge is 0.0882 e. The van der Waals surface area contributed by atoms with Crippen LogP contribution in [0.3, 0.4) is 0 Å². The van der Waals surface area contributed by atoms with E-state index >= 15 is 0 Å². The number of anilines is 1. The minimum Gasteiger partial charge on any atom is -0.367 e. The fourth-order valence-electron chi connectivity index (χ4n) is 2.22. The molecule has 2 aromatic rings. The SMILES string of the molecule is CC1CCC1(N)Nc1ccc2[nH]ncc2c1. The van der Waals surface area contributed by atoms with Gasteiger partial charge in [0.05, 0.1) is 17.4 Å². The second kappa shape index (κ2) is 3.22. The molecule has 4 heteroatoms. The molecule has 2 unspecified atom stereocenters. The summed E-state index contributed by atoms with van der Waals surface area (Å²) in [5.41, 5.74) is 8.16. The van der Waals surface area contributed by atoms with Gasteiger partial charge in [-0.25, -0.2) is 0 Å². The van der Waals surface area contributed by atoms with E-state index in [0.717, 1.165) is 23.0 Å². The van der Waals surface area contributed by atoms with Crippen molar-refractivity contribution in [3.63, 3.8) is 0 Å². The van der Waals surface area contributed by atoms with E-state index in [1.807, 2.05) is 18.3 Å². The van der Waals surface area contributed by atoms with Crippen LogP contribution in [0.25, 0.3) is 10.9 Å². The van der Waals surface area contributed by atoms with Crippen LogP contribution in [-0.4, -0.2) is 15.9 Å². The summed E-state index contributed by atoms with van der Waals surface area (Å²) in [5, 5.41) is 11.5. The number of aromatic amines is 1. The molecule has 1 heterocycles. The zero-order valence-corrected chi connectivity index (χ0v) is 9.33. The van der Waals surface area contributed by atoms with Gasteiger partial charge in [0.1, 0.15) is 0 Å². The monoisotopic (exact) mass is 216 g/mol. The lowest BCUT2D eigenvalue weighted by Crippen LogP contribution is -2.59. The van der Waals surface area contributed by atoms with Gasteiger partial charge in [-0.3, -0.25) is 5.10 Å². The van der Waals surface area contributed by atoms with Gasteiger partial charge in [0.15, 0.2) is 0 Å². The minimum absolute atomic E-state index is 0.225. The van der Waals surface area contributed by atoms with Crippen molar-refractivity contribution in [1.29, 1.82) is 0 Å². The van der Waals surface area contributed by atoms with Crippen LogP contribution in [0.1, 0.15) is 19.8 Å². The fourth-order valence-corrected chi connectivity index (χ4v) is 2.22. The molecule has 1 fully saturated rings. The van der Waals surface area contributed by atoms with Crippen LogP contribution in [0.5, 0.6) is 0 Å². The van der Waals surface area contributed by atoms with Crippen molar-refractivity contribution < 1.29 is 0 Å². The molecular weight excluding hydrogens is 200 g/mol. The van der Waals surface area contributed by atoms with Gasteiger partial charge in [0, 0.05) is 11.1 Å². The lowest BCUT2D eigenvalue weighted by molar-refractivity contribution is 0.177. The Hall–Kier alpha value is -1.55. The third kappa shape index (κ3) is 1.38. The number of fused-ring (bicyclic) bond motifs is 1. The predicted molar refractivity (Wildman–Crippen MR) is 65.0 cm³/mol. The highest BCUT2D eigenvalue weighted by molar-refractivity contribution is 5.81. The second-order valence-electron chi connectivity index (χ2n) is 4.78. The molecule has 84 valence electrons. The number of H-pyrrole nitrogens is 1. The molecule has 1 aliphatic carbocycles. The zero-order chi connectivity index (χ0) is 11.2. The first-order valence-corrected chi connectivity index (χ1v) is 5.68. The lowest BCUT2D eigenvalue weighted by Gasteiger charge is -2.46. The van der Waals surface area contributed by atoms with Crippen LogP contribution in [0.15, 0.2) is 24.4 Å². The zero-order valence-electron chi connectivity index (χ0n) is 9.33. The fraction of sp³-hybridized carbons (Fsp3) is 0.417. The van der Waals surface area contributed by atoms with Crippen molar-refractivity contribution in [2.45, 2.75) is 25.4 Å². The number of hydrogen-bond acceptors (Lipinski definition) is 3. The third-order valence-electron chi connectivity index (χ3n) is 3.69. The molecule has 16 heavy (non-hydrogen) atoms. The first kappa shape index (κ1) is 9.66. The molecule has 0 aliphatic heterocycles. The van der Waals surface area contributed by atoms with Crippen LogP contribution >= 0.6 is 0 Å². The summed E-state index contributed by atoms with van der Waals surface area (Å²) < 4.78 is 0. The normalized spacial score (nSPS) is 29.0. The van der Waals surface area contributed by atoms with Crippen LogP contribution in [0, 0.1) is 5.92 Å². The maximum absolute atomic E-state index is 6.26. The molecule has 0 spiro atoms. The van der Waals surface area contributed by atoms with Crippen molar-refractivity contribution >= 4 is 16.6 Å². The Balaban J connectivity index is 1.89. The third-order valence-corrected chi connectivity index (χ3v) is 3.69. The van der Waals surface area contributed by atoms with E-state index in [1.54, 1.807) is 0 Å². The summed E-state index contributed by atoms with van der Waals surface area (Å²) in [6.07, 6.45) is 4.07. The molecule has 0 bridgehead atoms. The quantitative estimate of drug-likeness (QED) is 0.673. The van der Waals surface area contributed by atoms with Gasteiger partial charge in [0.25, 0.3) is 0 Å². The standard InChI is InChI=1S/C12H16N4/c1-8-4-5-12(8,13)15-10-2-3-11-9(6-10)7-14-16-11/h2-3,6-8,15H,4-5,13H2,1H3,(H,14,16). The largest absolute Gasteiger partial charge is 0.367 e. The van der Waals surface area contributed by atoms with Crippen molar-refractivity contribution in [3.05, 3.63) is 24.4 Å². The van der Waals surface area contributed by atoms with E-state index in [9.17, 15) is 0 Å². The Bertz CT molecular complexity index is 518. The molecule has 1 aliphatic rings. The van der Waals surface area contributed by atoms with Gasteiger partial charge in [-0.1, -0.05) is 6.92 Å². The van der Waals surface area contributed by atoms with E-state index in [0.29, 0.717) is 5.92 Å². The van der Waals surface area contributed by atoms with E-state index in [2.05, 4.69) is 28.5 Å². The molecule has 4 N–H and O–H groups in total. The van der Waals surface area contributed by atoms with Gasteiger partial charge in [-0.05, 0) is 37.0 Å². The Labute approximate surface area is 94.2 Å². The molecule has 0 amide bonds. The van der Waals surface area contributed by atoms with Crippen molar-refractivity contribution in [1.82, 2.24) is 10.2 Å². The first-order chi connectivity index (χ1) is 7.67. The number of nitrogens with one attached hydrogen (secondary N) is 2. The van der Waals surface area contributed by atoms with E-state index < -0.39 is 0 Å². The molecule has 1 aromatic heterocycles. The number of nitrogens with zero attached hydrogens (tertiary/aromatic N) is 1. The molecule has 1 aromatic carbocycles. The van der Waals surface area contributed by atoms with Gasteiger partial charge >= 0.3 is 0 Å². The number of benzene rings is 1. The highest BCUT2D eigenvalue weighted by atomic mass is 15.1. The highest BCUT2D eigenvalue weighted by Crippen LogP contribution is 2.36. The number of rotatable bonds is 2. The molecule has 0 radical (unpaired) electrons. The van der Waals surface area contributed by atoms with Crippen LogP contribution in [-0.2, 0) is 0 Å². The lowest BCUT2D eigenvalue weighted by atomic mass is 9.75. The summed E-state index contributed by atoms with van der Waals surface area (Å²) in [6, 6.07) is 6.15. The highest BCUT2D eigenvalue weighted by Gasteiger charge is 2.40. The molecule has 2 atom stereocenters. The van der Waals surface area contributed by atoms with E-state index in [1.165, 1.54) is 6.42 Å². The number of hydrogen-bond donors (Lipinski definition) is 3. The average molecular weight is 216 g/mol. The first-order valence-electron chi connectivity index (χ1n) is 5.68. The van der Waals surface area contributed by atoms with Crippen molar-refractivity contribution in [2.75, 3.05) is 5.32 Å². The average Bonchev–Trinajstić information content (AvgIpc) is 2.74. The van der Waals surface area contributed by atoms with Crippen molar-refractivity contribution in [3.8, 4) is 0 Å². The van der Waals surface area contributed by atoms with Crippen LogP contribution < -0.4 is 11.1 Å². The predicted octanol–water partition coefficient (Wildman–Crippen LogP) is 2.06. The van der Waals surface area contributed by atoms with Crippen LogP contribution in [0.2, 0.25) is 0 Å². The molecule has 0 saturated heterocycles. The summed E-state index contributed by atoms with van der Waals surface area (Å²) in [4.78, 5) is 0. The molecular formula is C12H16N4. The number of nitrogens with two attached hydrogens (primary N) is 1. The second-order valence-corrected chi connectivity index (χ2v) is 4.78. The number of aromatic nitrogens is 2. The van der Waals surface area contributed by atoms with E-state index in [-0.39, 0.29) is 5.66 Å².